The van der Waals surface area contributed by atoms with E-state index < -0.39 is 6.04 Å². The number of amides is 1. The Kier molecular flexibility index (Phi) is 7.59. The van der Waals surface area contributed by atoms with Gasteiger partial charge in [0.25, 0.3) is 0 Å². The Labute approximate surface area is 122 Å². The maximum atomic E-state index is 11.7. The molecule has 1 saturated heterocycles. The van der Waals surface area contributed by atoms with E-state index in [9.17, 15) is 9.59 Å². The van der Waals surface area contributed by atoms with Crippen molar-refractivity contribution in [1.82, 2.24) is 10.2 Å². The van der Waals surface area contributed by atoms with Crippen LogP contribution in [0.15, 0.2) is 0 Å². The molecule has 2 atom stereocenters. The van der Waals surface area contributed by atoms with Crippen molar-refractivity contribution in [2.24, 2.45) is 5.92 Å². The van der Waals surface area contributed by atoms with Crippen LogP contribution >= 0.6 is 0 Å². The number of nitrogens with one attached hydrogen (secondary N) is 1. The van der Waals surface area contributed by atoms with Crippen molar-refractivity contribution in [3.8, 4) is 0 Å². The van der Waals surface area contributed by atoms with Gasteiger partial charge in [0.05, 0.1) is 7.11 Å². The van der Waals surface area contributed by atoms with E-state index in [4.69, 9.17) is 4.74 Å². The summed E-state index contributed by atoms with van der Waals surface area (Å²) >= 11 is 0. The van der Waals surface area contributed by atoms with Crippen LogP contribution in [0.25, 0.3) is 0 Å². The summed E-state index contributed by atoms with van der Waals surface area (Å²) in [6, 6.07) is -0.555. The first-order valence-corrected chi connectivity index (χ1v) is 7.64. The van der Waals surface area contributed by atoms with Gasteiger partial charge in [-0.2, -0.15) is 0 Å². The molecule has 2 unspecified atom stereocenters. The molecule has 5 heteroatoms. The maximum Gasteiger partial charge on any atom is 0.329 e. The van der Waals surface area contributed by atoms with Gasteiger partial charge in [-0.3, -0.25) is 4.79 Å². The Hall–Kier alpha value is -1.10. The number of hydrogen-bond acceptors (Lipinski definition) is 4. The third-order valence-electron chi connectivity index (χ3n) is 3.94. The normalized spacial score (nSPS) is 21.9. The van der Waals surface area contributed by atoms with Gasteiger partial charge in [-0.1, -0.05) is 19.8 Å². The maximum absolute atomic E-state index is 11.7. The molecule has 0 aromatic heterocycles. The average molecular weight is 284 g/mol. The van der Waals surface area contributed by atoms with Gasteiger partial charge in [0, 0.05) is 13.5 Å². The Morgan fingerprint density at radius 1 is 1.35 bits per heavy atom. The first-order chi connectivity index (χ1) is 9.56. The fourth-order valence-electron chi connectivity index (χ4n) is 2.93. The monoisotopic (exact) mass is 284 g/mol. The number of carbonyl (C=O) groups excluding carboxylic acids is 2. The van der Waals surface area contributed by atoms with Crippen LogP contribution in [-0.2, 0) is 14.3 Å². The number of hydrogen-bond donors (Lipinski definition) is 1. The first-order valence-electron chi connectivity index (χ1n) is 7.64. The highest BCUT2D eigenvalue weighted by Gasteiger charge is 2.25. The largest absolute Gasteiger partial charge is 0.467 e. The molecule has 1 aliphatic heterocycles. The number of ether oxygens (including phenoxy) is 1. The number of likely N-dealkylation sites (tertiary alicyclic amines) is 1. The smallest absolute Gasteiger partial charge is 0.329 e. The van der Waals surface area contributed by atoms with Crippen LogP contribution in [0.3, 0.4) is 0 Å². The quantitative estimate of drug-likeness (QED) is 0.752. The summed E-state index contributed by atoms with van der Waals surface area (Å²) in [7, 11) is 1.36. The molecule has 0 saturated carbocycles. The van der Waals surface area contributed by atoms with Crippen LogP contribution in [0.2, 0.25) is 0 Å². The van der Waals surface area contributed by atoms with Crippen LogP contribution in [0, 0.1) is 5.92 Å². The minimum absolute atomic E-state index is 0.195. The van der Waals surface area contributed by atoms with Crippen LogP contribution < -0.4 is 5.32 Å². The van der Waals surface area contributed by atoms with Gasteiger partial charge in [-0.25, -0.2) is 4.79 Å². The van der Waals surface area contributed by atoms with Crippen LogP contribution in [-0.4, -0.2) is 49.6 Å². The standard InChI is InChI=1S/C15H28N2O3/c1-4-6-13-7-5-9-17(10-8-13)11-14(15(19)20-3)16-12(2)18/h13-14H,4-11H2,1-3H3,(H,16,18). The zero-order chi connectivity index (χ0) is 15.0. The zero-order valence-corrected chi connectivity index (χ0v) is 13.0. The second-order valence-corrected chi connectivity index (χ2v) is 5.66. The van der Waals surface area contributed by atoms with E-state index in [1.807, 2.05) is 0 Å². The second kappa shape index (κ2) is 8.95. The minimum atomic E-state index is -0.555. The fourth-order valence-corrected chi connectivity index (χ4v) is 2.93. The van der Waals surface area contributed by atoms with Crippen molar-refractivity contribution < 1.29 is 14.3 Å². The Morgan fingerprint density at radius 2 is 2.10 bits per heavy atom. The van der Waals surface area contributed by atoms with Crippen LogP contribution in [0.5, 0.6) is 0 Å². The lowest BCUT2D eigenvalue weighted by molar-refractivity contribution is -0.145. The molecule has 0 aliphatic carbocycles. The lowest BCUT2D eigenvalue weighted by atomic mass is 9.96. The predicted octanol–water partition coefficient (Wildman–Crippen LogP) is 1.57. The van der Waals surface area contributed by atoms with E-state index in [1.54, 1.807) is 0 Å². The molecule has 20 heavy (non-hydrogen) atoms. The molecule has 116 valence electrons. The van der Waals surface area contributed by atoms with Gasteiger partial charge < -0.3 is 15.0 Å². The van der Waals surface area contributed by atoms with Gasteiger partial charge in [-0.05, 0) is 38.3 Å². The van der Waals surface area contributed by atoms with Gasteiger partial charge in [-0.15, -0.1) is 0 Å². The number of methoxy groups -OCH3 is 1. The van der Waals surface area contributed by atoms with E-state index in [1.165, 1.54) is 46.1 Å². The molecule has 1 rings (SSSR count). The topological polar surface area (TPSA) is 58.6 Å². The predicted molar refractivity (Wildman–Crippen MR) is 78.3 cm³/mol. The number of esters is 1. The van der Waals surface area contributed by atoms with Gasteiger partial charge >= 0.3 is 5.97 Å². The highest BCUT2D eigenvalue weighted by atomic mass is 16.5. The molecule has 1 aliphatic rings. The summed E-state index contributed by atoms with van der Waals surface area (Å²) in [5, 5.41) is 2.68. The third kappa shape index (κ3) is 5.90. The van der Waals surface area contributed by atoms with E-state index in [0.29, 0.717) is 6.54 Å². The molecule has 1 N–H and O–H groups in total. The van der Waals surface area contributed by atoms with Crippen molar-refractivity contribution in [2.75, 3.05) is 26.7 Å². The molecule has 1 heterocycles. The zero-order valence-electron chi connectivity index (χ0n) is 13.0. The summed E-state index contributed by atoms with van der Waals surface area (Å²) in [6.07, 6.45) is 6.15. The molecule has 1 amide bonds. The van der Waals surface area contributed by atoms with Crippen molar-refractivity contribution in [3.05, 3.63) is 0 Å². The second-order valence-electron chi connectivity index (χ2n) is 5.66. The number of nitrogens with zero attached hydrogens (tertiary/aromatic N) is 1. The van der Waals surface area contributed by atoms with Crippen LogP contribution in [0.4, 0.5) is 0 Å². The van der Waals surface area contributed by atoms with Crippen molar-refractivity contribution in [3.63, 3.8) is 0 Å². The van der Waals surface area contributed by atoms with E-state index in [-0.39, 0.29) is 11.9 Å². The minimum Gasteiger partial charge on any atom is -0.467 e. The van der Waals surface area contributed by atoms with Gasteiger partial charge in [0.2, 0.25) is 5.91 Å². The van der Waals surface area contributed by atoms with Crippen LogP contribution in [0.1, 0.15) is 46.0 Å². The average Bonchev–Trinajstić information content (AvgIpc) is 2.63. The van der Waals surface area contributed by atoms with Crippen molar-refractivity contribution in [2.45, 2.75) is 52.0 Å². The number of carbonyl (C=O) groups is 2. The molecular weight excluding hydrogens is 256 g/mol. The molecule has 5 nitrogen and oxygen atoms in total. The fraction of sp³-hybridized carbons (Fsp3) is 0.867. The van der Waals surface area contributed by atoms with E-state index in [2.05, 4.69) is 17.1 Å². The third-order valence-corrected chi connectivity index (χ3v) is 3.94. The molecule has 0 aromatic carbocycles. The Balaban J connectivity index is 2.51. The summed E-state index contributed by atoms with van der Waals surface area (Å²) in [4.78, 5) is 25.2. The Bertz CT molecular complexity index is 320. The van der Waals surface area contributed by atoms with E-state index in [0.717, 1.165) is 19.0 Å². The highest BCUT2D eigenvalue weighted by Crippen LogP contribution is 2.21. The SMILES string of the molecule is CCCC1CCCN(CC(NC(C)=O)C(=O)OC)CC1. The lowest BCUT2D eigenvalue weighted by Gasteiger charge is -2.25. The van der Waals surface area contributed by atoms with Gasteiger partial charge in [0.15, 0.2) is 0 Å². The molecule has 0 aromatic rings. The van der Waals surface area contributed by atoms with Crippen molar-refractivity contribution in [1.29, 1.82) is 0 Å². The molecule has 0 spiro atoms. The summed E-state index contributed by atoms with van der Waals surface area (Å²) < 4.78 is 4.77. The highest BCUT2D eigenvalue weighted by molar-refractivity contribution is 5.83. The summed E-state index contributed by atoms with van der Waals surface area (Å²) in [6.45, 7) is 6.19. The summed E-state index contributed by atoms with van der Waals surface area (Å²) in [5.74, 6) is 0.246. The molecule has 0 bridgehead atoms. The van der Waals surface area contributed by atoms with E-state index >= 15 is 0 Å². The summed E-state index contributed by atoms with van der Waals surface area (Å²) in [5.41, 5.74) is 0. The van der Waals surface area contributed by atoms with Crippen molar-refractivity contribution >= 4 is 11.9 Å². The molecule has 0 radical (unpaired) electrons. The van der Waals surface area contributed by atoms with Gasteiger partial charge in [0.1, 0.15) is 6.04 Å². The molecular formula is C15H28N2O3. The lowest BCUT2D eigenvalue weighted by Crippen LogP contribution is -2.48. The number of rotatable bonds is 6. The molecule has 1 fully saturated rings. The first kappa shape index (κ1) is 17.0. The Morgan fingerprint density at radius 3 is 2.70 bits per heavy atom.